The first-order chi connectivity index (χ1) is 12.9. The number of likely N-dealkylation sites (tertiary alicyclic amines) is 1. The number of ether oxygens (including phenoxy) is 1. The number of piperidine rings is 1. The molecule has 0 unspecified atom stereocenters. The molecule has 1 fully saturated rings. The number of carbonyl (C=O) groups is 1. The number of aryl methyl sites for hydroxylation is 3. The highest BCUT2D eigenvalue weighted by molar-refractivity contribution is 5.92. The Morgan fingerprint density at radius 1 is 1.26 bits per heavy atom. The van der Waals surface area contributed by atoms with Crippen molar-refractivity contribution in [3.63, 3.8) is 0 Å². The summed E-state index contributed by atoms with van der Waals surface area (Å²) in [7, 11) is 0. The summed E-state index contributed by atoms with van der Waals surface area (Å²) >= 11 is 0. The maximum Gasteiger partial charge on any atom is 0.276 e. The Morgan fingerprint density at radius 2 is 2.00 bits per heavy atom. The molecule has 1 N–H and O–H groups in total. The fraction of sp³-hybridized carbons (Fsp3) is 0.524. The molecule has 0 atom stereocenters. The van der Waals surface area contributed by atoms with E-state index in [1.165, 1.54) is 5.56 Å². The van der Waals surface area contributed by atoms with Crippen molar-refractivity contribution in [3.8, 4) is 5.75 Å². The minimum Gasteiger partial charge on any atom is -0.491 e. The van der Waals surface area contributed by atoms with Gasteiger partial charge in [0.2, 0.25) is 0 Å². The molecular weight excluding hydrogens is 344 g/mol. The predicted octanol–water partition coefficient (Wildman–Crippen LogP) is 3.29. The van der Waals surface area contributed by atoms with Gasteiger partial charge in [0.15, 0.2) is 5.69 Å². The molecule has 6 heteroatoms. The molecule has 1 aliphatic heterocycles. The van der Waals surface area contributed by atoms with Gasteiger partial charge in [-0.15, -0.1) is 0 Å². The van der Waals surface area contributed by atoms with Crippen molar-refractivity contribution < 1.29 is 19.2 Å². The van der Waals surface area contributed by atoms with Crippen LogP contribution in [0.4, 0.5) is 0 Å². The average Bonchev–Trinajstić information content (AvgIpc) is 3.12. The van der Waals surface area contributed by atoms with Crippen molar-refractivity contribution in [1.82, 2.24) is 10.1 Å². The molecule has 6 nitrogen and oxygen atoms in total. The third kappa shape index (κ3) is 4.69. The molecule has 1 aromatic carbocycles. The second kappa shape index (κ2) is 8.13. The Kier molecular flexibility index (Phi) is 5.85. The van der Waals surface area contributed by atoms with Gasteiger partial charge in [-0.2, -0.15) is 0 Å². The molecule has 1 aromatic heterocycles. The zero-order valence-electron chi connectivity index (χ0n) is 16.3. The molecule has 0 bridgehead atoms. The van der Waals surface area contributed by atoms with Crippen LogP contribution in [-0.2, 0) is 6.42 Å². The van der Waals surface area contributed by atoms with Gasteiger partial charge in [0, 0.05) is 25.6 Å². The average molecular weight is 372 g/mol. The summed E-state index contributed by atoms with van der Waals surface area (Å²) in [6, 6.07) is 7.63. The maximum atomic E-state index is 12.6. The van der Waals surface area contributed by atoms with E-state index in [2.05, 4.69) is 19.0 Å². The molecule has 0 spiro atoms. The zero-order chi connectivity index (χ0) is 19.4. The van der Waals surface area contributed by atoms with Crippen LogP contribution in [0, 0.1) is 13.8 Å². The van der Waals surface area contributed by atoms with Gasteiger partial charge in [-0.05, 0) is 56.4 Å². The Balaban J connectivity index is 1.53. The van der Waals surface area contributed by atoms with Crippen molar-refractivity contribution in [2.75, 3.05) is 19.7 Å². The Labute approximate surface area is 160 Å². The summed E-state index contributed by atoms with van der Waals surface area (Å²) < 4.78 is 11.0. The summed E-state index contributed by atoms with van der Waals surface area (Å²) in [5, 5.41) is 14.7. The molecule has 1 aliphatic rings. The number of carbonyl (C=O) groups excluding carboxylic acids is 1. The number of benzene rings is 1. The van der Waals surface area contributed by atoms with Crippen LogP contribution in [0.5, 0.6) is 5.75 Å². The standard InChI is InChI=1S/C21H28N2O4/c1-4-5-18-13-19(22-27-18)20(24)23-10-8-21(25,9-11-23)14-26-17-7-6-15(2)16(3)12-17/h6-7,12-13,25H,4-5,8-11,14H2,1-3H3. The van der Waals surface area contributed by atoms with Crippen molar-refractivity contribution in [3.05, 3.63) is 46.8 Å². The van der Waals surface area contributed by atoms with Crippen molar-refractivity contribution in [2.24, 2.45) is 0 Å². The number of amides is 1. The molecule has 2 heterocycles. The van der Waals surface area contributed by atoms with E-state index in [1.54, 1.807) is 11.0 Å². The second-order valence-electron chi connectivity index (χ2n) is 7.48. The van der Waals surface area contributed by atoms with Crippen LogP contribution < -0.4 is 4.74 Å². The smallest absolute Gasteiger partial charge is 0.276 e. The van der Waals surface area contributed by atoms with Gasteiger partial charge >= 0.3 is 0 Å². The predicted molar refractivity (Wildman–Crippen MR) is 102 cm³/mol. The SMILES string of the molecule is CCCc1cc(C(=O)N2CCC(O)(COc3ccc(C)c(C)c3)CC2)no1. The van der Waals surface area contributed by atoms with Crippen LogP contribution in [0.1, 0.15) is 53.6 Å². The largest absolute Gasteiger partial charge is 0.491 e. The fourth-order valence-corrected chi connectivity index (χ4v) is 3.23. The number of aliphatic hydroxyl groups is 1. The van der Waals surface area contributed by atoms with Crippen molar-refractivity contribution >= 4 is 5.91 Å². The first-order valence-corrected chi connectivity index (χ1v) is 9.57. The molecule has 146 valence electrons. The number of aromatic nitrogens is 1. The lowest BCUT2D eigenvalue weighted by molar-refractivity contribution is -0.0476. The molecule has 0 radical (unpaired) electrons. The van der Waals surface area contributed by atoms with E-state index in [0.29, 0.717) is 31.6 Å². The summed E-state index contributed by atoms with van der Waals surface area (Å²) in [6.07, 6.45) is 2.67. The summed E-state index contributed by atoms with van der Waals surface area (Å²) in [5.74, 6) is 1.35. The van der Waals surface area contributed by atoms with Gasteiger partial charge in [-0.25, -0.2) is 0 Å². The van der Waals surface area contributed by atoms with Crippen LogP contribution in [0.25, 0.3) is 0 Å². The fourth-order valence-electron chi connectivity index (χ4n) is 3.23. The van der Waals surface area contributed by atoms with E-state index in [9.17, 15) is 9.90 Å². The van der Waals surface area contributed by atoms with Crippen LogP contribution in [0.3, 0.4) is 0 Å². The third-order valence-electron chi connectivity index (χ3n) is 5.24. The highest BCUT2D eigenvalue weighted by atomic mass is 16.5. The molecule has 3 rings (SSSR count). The monoisotopic (exact) mass is 372 g/mol. The van der Waals surface area contributed by atoms with E-state index in [4.69, 9.17) is 9.26 Å². The molecule has 1 amide bonds. The van der Waals surface area contributed by atoms with Gasteiger partial charge < -0.3 is 19.3 Å². The van der Waals surface area contributed by atoms with Gasteiger partial charge in [0.05, 0.1) is 0 Å². The number of hydrogen-bond acceptors (Lipinski definition) is 5. The number of hydrogen-bond donors (Lipinski definition) is 1. The lowest BCUT2D eigenvalue weighted by atomic mass is 9.92. The zero-order valence-corrected chi connectivity index (χ0v) is 16.3. The van der Waals surface area contributed by atoms with E-state index >= 15 is 0 Å². The quantitative estimate of drug-likeness (QED) is 0.842. The van der Waals surface area contributed by atoms with Crippen LogP contribution in [0.15, 0.2) is 28.8 Å². The third-order valence-corrected chi connectivity index (χ3v) is 5.24. The minimum atomic E-state index is -0.924. The first-order valence-electron chi connectivity index (χ1n) is 9.57. The van der Waals surface area contributed by atoms with Gasteiger partial charge in [0.1, 0.15) is 23.7 Å². The Morgan fingerprint density at radius 3 is 2.67 bits per heavy atom. The van der Waals surface area contributed by atoms with Crippen LogP contribution >= 0.6 is 0 Å². The number of nitrogens with zero attached hydrogens (tertiary/aromatic N) is 2. The van der Waals surface area contributed by atoms with Crippen molar-refractivity contribution in [2.45, 2.75) is 52.1 Å². The molecule has 1 saturated heterocycles. The molecule has 27 heavy (non-hydrogen) atoms. The van der Waals surface area contributed by atoms with E-state index in [-0.39, 0.29) is 12.5 Å². The normalized spacial score (nSPS) is 16.4. The molecule has 0 aliphatic carbocycles. The van der Waals surface area contributed by atoms with Crippen molar-refractivity contribution in [1.29, 1.82) is 0 Å². The van der Waals surface area contributed by atoms with Gasteiger partial charge in [0.25, 0.3) is 5.91 Å². The Bertz CT molecular complexity index is 791. The summed E-state index contributed by atoms with van der Waals surface area (Å²) in [5.41, 5.74) is 1.79. The lowest BCUT2D eigenvalue weighted by Crippen LogP contribution is -2.49. The minimum absolute atomic E-state index is 0.141. The summed E-state index contributed by atoms with van der Waals surface area (Å²) in [6.45, 7) is 7.32. The topological polar surface area (TPSA) is 75.8 Å². The van der Waals surface area contributed by atoms with Gasteiger partial charge in [-0.1, -0.05) is 18.1 Å². The van der Waals surface area contributed by atoms with E-state index in [0.717, 1.165) is 29.9 Å². The van der Waals surface area contributed by atoms with Crippen LogP contribution in [0.2, 0.25) is 0 Å². The molecule has 0 saturated carbocycles. The number of rotatable bonds is 6. The van der Waals surface area contributed by atoms with E-state index < -0.39 is 5.60 Å². The lowest BCUT2D eigenvalue weighted by Gasteiger charge is -2.37. The van der Waals surface area contributed by atoms with E-state index in [1.807, 2.05) is 25.1 Å². The van der Waals surface area contributed by atoms with Crippen LogP contribution in [-0.4, -0.2) is 46.4 Å². The molecule has 2 aromatic rings. The first kappa shape index (κ1) is 19.4. The highest BCUT2D eigenvalue weighted by Gasteiger charge is 2.35. The summed E-state index contributed by atoms with van der Waals surface area (Å²) in [4.78, 5) is 14.3. The van der Waals surface area contributed by atoms with Gasteiger partial charge in [-0.3, -0.25) is 4.79 Å². The molecular formula is C21H28N2O4. The Hall–Kier alpha value is -2.34. The second-order valence-corrected chi connectivity index (χ2v) is 7.48. The maximum absolute atomic E-state index is 12.6. The highest BCUT2D eigenvalue weighted by Crippen LogP contribution is 2.25.